The standard InChI is InChI=1S/C11H13BrN2O3/c12-9-5-8(7-1-3-13-4-2-7)6-10(11(9)15)14(16)17/h5-7,13,15H,1-4H2. The van der Waals surface area contributed by atoms with Gasteiger partial charge in [-0.05, 0) is 59.4 Å². The van der Waals surface area contributed by atoms with Crippen molar-refractivity contribution in [1.82, 2.24) is 5.32 Å². The molecular formula is C11H13BrN2O3. The maximum atomic E-state index is 10.8. The van der Waals surface area contributed by atoms with Crippen molar-refractivity contribution in [3.63, 3.8) is 0 Å². The second kappa shape index (κ2) is 5.01. The topological polar surface area (TPSA) is 75.4 Å². The van der Waals surface area contributed by atoms with E-state index in [1.54, 1.807) is 6.07 Å². The molecule has 1 aliphatic heterocycles. The van der Waals surface area contributed by atoms with Crippen LogP contribution in [0.5, 0.6) is 5.75 Å². The number of benzene rings is 1. The number of piperidine rings is 1. The van der Waals surface area contributed by atoms with E-state index in [4.69, 9.17) is 0 Å². The Morgan fingerprint density at radius 1 is 1.41 bits per heavy atom. The maximum absolute atomic E-state index is 10.8. The van der Waals surface area contributed by atoms with Gasteiger partial charge >= 0.3 is 5.69 Å². The van der Waals surface area contributed by atoms with Crippen LogP contribution in [0.3, 0.4) is 0 Å². The van der Waals surface area contributed by atoms with E-state index in [1.165, 1.54) is 6.07 Å². The van der Waals surface area contributed by atoms with Crippen molar-refractivity contribution in [2.45, 2.75) is 18.8 Å². The number of rotatable bonds is 2. The number of halogens is 1. The quantitative estimate of drug-likeness (QED) is 0.650. The molecule has 0 aliphatic carbocycles. The highest BCUT2D eigenvalue weighted by atomic mass is 79.9. The van der Waals surface area contributed by atoms with Gasteiger partial charge in [0.2, 0.25) is 5.75 Å². The number of aromatic hydroxyl groups is 1. The fourth-order valence-corrected chi connectivity index (χ4v) is 2.60. The average Bonchev–Trinajstić information content (AvgIpc) is 2.33. The van der Waals surface area contributed by atoms with E-state index in [0.29, 0.717) is 10.4 Å². The van der Waals surface area contributed by atoms with Gasteiger partial charge in [-0.15, -0.1) is 0 Å². The van der Waals surface area contributed by atoms with E-state index in [1.807, 2.05) is 0 Å². The van der Waals surface area contributed by atoms with E-state index in [-0.39, 0.29) is 11.4 Å². The molecule has 1 aromatic rings. The zero-order valence-electron chi connectivity index (χ0n) is 9.15. The highest BCUT2D eigenvalue weighted by Crippen LogP contribution is 2.38. The zero-order chi connectivity index (χ0) is 12.4. The molecule has 2 N–H and O–H groups in total. The molecule has 0 saturated carbocycles. The zero-order valence-corrected chi connectivity index (χ0v) is 10.7. The number of nitrogens with zero attached hydrogens (tertiary/aromatic N) is 1. The Balaban J connectivity index is 2.37. The van der Waals surface area contributed by atoms with Crippen molar-refractivity contribution < 1.29 is 10.0 Å². The summed E-state index contributed by atoms with van der Waals surface area (Å²) in [5.41, 5.74) is 0.691. The summed E-state index contributed by atoms with van der Waals surface area (Å²) in [6.45, 7) is 1.86. The van der Waals surface area contributed by atoms with Gasteiger partial charge in [0, 0.05) is 6.07 Å². The molecule has 6 heteroatoms. The van der Waals surface area contributed by atoms with Crippen molar-refractivity contribution in [1.29, 1.82) is 0 Å². The molecule has 1 aromatic carbocycles. The predicted molar refractivity (Wildman–Crippen MR) is 67.3 cm³/mol. The van der Waals surface area contributed by atoms with Gasteiger partial charge in [0.15, 0.2) is 0 Å². The Labute approximate surface area is 107 Å². The van der Waals surface area contributed by atoms with Gasteiger partial charge in [0.05, 0.1) is 9.40 Å². The maximum Gasteiger partial charge on any atom is 0.312 e. The minimum Gasteiger partial charge on any atom is -0.501 e. The molecule has 0 aromatic heterocycles. The lowest BCUT2D eigenvalue weighted by Crippen LogP contribution is -2.26. The molecule has 0 radical (unpaired) electrons. The fraction of sp³-hybridized carbons (Fsp3) is 0.455. The van der Waals surface area contributed by atoms with E-state index in [2.05, 4.69) is 21.2 Å². The fourth-order valence-electron chi connectivity index (χ4n) is 2.14. The molecule has 1 fully saturated rings. The number of phenols is 1. The smallest absolute Gasteiger partial charge is 0.312 e. The molecule has 5 nitrogen and oxygen atoms in total. The number of nitrogens with one attached hydrogen (secondary N) is 1. The lowest BCUT2D eigenvalue weighted by Gasteiger charge is -2.23. The highest BCUT2D eigenvalue weighted by Gasteiger charge is 2.22. The molecule has 92 valence electrons. The predicted octanol–water partition coefficient (Wildman–Crippen LogP) is 2.53. The summed E-state index contributed by atoms with van der Waals surface area (Å²) in [5, 5.41) is 23.7. The molecule has 0 atom stereocenters. The molecular weight excluding hydrogens is 288 g/mol. The van der Waals surface area contributed by atoms with Crippen molar-refractivity contribution in [2.24, 2.45) is 0 Å². The van der Waals surface area contributed by atoms with Gasteiger partial charge in [0.1, 0.15) is 0 Å². The third kappa shape index (κ3) is 2.58. The first kappa shape index (κ1) is 12.3. The first-order valence-electron chi connectivity index (χ1n) is 5.47. The molecule has 1 heterocycles. The largest absolute Gasteiger partial charge is 0.501 e. The van der Waals surface area contributed by atoms with Crippen LogP contribution in [0, 0.1) is 10.1 Å². The number of hydrogen-bond acceptors (Lipinski definition) is 4. The molecule has 1 saturated heterocycles. The van der Waals surface area contributed by atoms with Crippen LogP contribution in [0.25, 0.3) is 0 Å². The van der Waals surface area contributed by atoms with Gasteiger partial charge in [-0.25, -0.2) is 0 Å². The van der Waals surface area contributed by atoms with Crippen LogP contribution in [-0.4, -0.2) is 23.1 Å². The Morgan fingerprint density at radius 3 is 2.65 bits per heavy atom. The van der Waals surface area contributed by atoms with Gasteiger partial charge in [-0.3, -0.25) is 10.1 Å². The lowest BCUT2D eigenvalue weighted by molar-refractivity contribution is -0.386. The number of hydrogen-bond donors (Lipinski definition) is 2. The van der Waals surface area contributed by atoms with E-state index >= 15 is 0 Å². The SMILES string of the molecule is O=[N+]([O-])c1cc(C2CCNCC2)cc(Br)c1O. The summed E-state index contributed by atoms with van der Waals surface area (Å²) >= 11 is 3.16. The monoisotopic (exact) mass is 300 g/mol. The normalized spacial score (nSPS) is 17.0. The highest BCUT2D eigenvalue weighted by molar-refractivity contribution is 9.10. The van der Waals surface area contributed by atoms with Crippen molar-refractivity contribution in [3.05, 3.63) is 32.3 Å². The second-order valence-electron chi connectivity index (χ2n) is 4.15. The van der Waals surface area contributed by atoms with Crippen LogP contribution in [0.15, 0.2) is 16.6 Å². The minimum atomic E-state index is -0.551. The number of phenolic OH excluding ortho intramolecular Hbond substituents is 1. The molecule has 0 spiro atoms. The summed E-state index contributed by atoms with van der Waals surface area (Å²) in [5.74, 6) is 0.0273. The summed E-state index contributed by atoms with van der Waals surface area (Å²) < 4.78 is 0.389. The van der Waals surface area contributed by atoms with Gasteiger partial charge < -0.3 is 10.4 Å². The first-order chi connectivity index (χ1) is 8.09. The van der Waals surface area contributed by atoms with Crippen molar-refractivity contribution in [3.8, 4) is 5.75 Å². The Hall–Kier alpha value is -1.14. The van der Waals surface area contributed by atoms with Crippen LogP contribution in [0.2, 0.25) is 0 Å². The van der Waals surface area contributed by atoms with Crippen molar-refractivity contribution >= 4 is 21.6 Å². The molecule has 17 heavy (non-hydrogen) atoms. The molecule has 0 amide bonds. The van der Waals surface area contributed by atoms with E-state index in [9.17, 15) is 15.2 Å². The summed E-state index contributed by atoms with van der Waals surface area (Å²) in [7, 11) is 0. The van der Waals surface area contributed by atoms with Gasteiger partial charge in [0.25, 0.3) is 0 Å². The second-order valence-corrected chi connectivity index (χ2v) is 5.01. The van der Waals surface area contributed by atoms with Crippen molar-refractivity contribution in [2.75, 3.05) is 13.1 Å². The Kier molecular flexibility index (Phi) is 3.63. The van der Waals surface area contributed by atoms with Crippen LogP contribution >= 0.6 is 15.9 Å². The third-order valence-electron chi connectivity index (χ3n) is 3.07. The summed E-state index contributed by atoms with van der Waals surface area (Å²) in [6.07, 6.45) is 1.93. The van der Waals surface area contributed by atoms with Crippen LogP contribution in [0.4, 0.5) is 5.69 Å². The Morgan fingerprint density at radius 2 is 2.06 bits per heavy atom. The van der Waals surface area contributed by atoms with Crippen LogP contribution < -0.4 is 5.32 Å². The lowest BCUT2D eigenvalue weighted by atomic mass is 9.90. The van der Waals surface area contributed by atoms with E-state index < -0.39 is 4.92 Å². The van der Waals surface area contributed by atoms with Gasteiger partial charge in [-0.1, -0.05) is 0 Å². The number of nitro benzene ring substituents is 1. The third-order valence-corrected chi connectivity index (χ3v) is 3.68. The molecule has 0 unspecified atom stereocenters. The van der Waals surface area contributed by atoms with Gasteiger partial charge in [-0.2, -0.15) is 0 Å². The average molecular weight is 301 g/mol. The minimum absolute atomic E-state index is 0.229. The Bertz CT molecular complexity index is 445. The molecule has 0 bridgehead atoms. The molecule has 2 rings (SSSR count). The summed E-state index contributed by atoms with van der Waals surface area (Å²) in [4.78, 5) is 10.3. The number of nitro groups is 1. The van der Waals surface area contributed by atoms with Crippen LogP contribution in [0.1, 0.15) is 24.3 Å². The van der Waals surface area contributed by atoms with Crippen LogP contribution in [-0.2, 0) is 0 Å². The first-order valence-corrected chi connectivity index (χ1v) is 6.26. The van der Waals surface area contributed by atoms with E-state index in [0.717, 1.165) is 31.5 Å². The molecule has 1 aliphatic rings. The summed E-state index contributed by atoms with van der Waals surface area (Å²) in [6, 6.07) is 3.26.